The monoisotopic (exact) mass is 305 g/mol. The molecule has 23 heavy (non-hydrogen) atoms. The van der Waals surface area contributed by atoms with Gasteiger partial charge in [0.15, 0.2) is 0 Å². The lowest BCUT2D eigenvalue weighted by atomic mass is 9.89. The van der Waals surface area contributed by atoms with E-state index in [0.29, 0.717) is 35.5 Å². The number of aromatic nitrogens is 2. The van der Waals surface area contributed by atoms with Crippen LogP contribution >= 0.6 is 0 Å². The highest BCUT2D eigenvalue weighted by molar-refractivity contribution is 6.33. The van der Waals surface area contributed by atoms with Gasteiger partial charge in [0.2, 0.25) is 0 Å². The molecule has 2 aromatic rings. The highest BCUT2D eigenvalue weighted by atomic mass is 16.2. The van der Waals surface area contributed by atoms with Crippen molar-refractivity contribution in [3.63, 3.8) is 0 Å². The van der Waals surface area contributed by atoms with Crippen molar-refractivity contribution in [1.82, 2.24) is 9.97 Å². The third kappa shape index (κ3) is 2.00. The van der Waals surface area contributed by atoms with E-state index < -0.39 is 0 Å². The number of para-hydroxylation sites is 1. The largest absolute Gasteiger partial charge is 0.269 e. The molecule has 1 aromatic carbocycles. The number of nitrogens with zero attached hydrogens (tertiary/aromatic N) is 3. The predicted octanol–water partition coefficient (Wildman–Crippen LogP) is 2.06. The number of carbonyl (C=O) groups is 2. The molecule has 0 saturated carbocycles. The maximum Gasteiger partial charge on any atom is 0.262 e. The predicted molar refractivity (Wildman–Crippen MR) is 84.9 cm³/mol. The van der Waals surface area contributed by atoms with Crippen LogP contribution in [0, 0.1) is 13.8 Å². The van der Waals surface area contributed by atoms with Crippen LogP contribution in [0.25, 0.3) is 0 Å². The van der Waals surface area contributed by atoms with Crippen molar-refractivity contribution < 1.29 is 9.59 Å². The quantitative estimate of drug-likeness (QED) is 0.757. The number of hydrogen-bond acceptors (Lipinski definition) is 4. The zero-order chi connectivity index (χ0) is 16.1. The molecule has 2 heterocycles. The molecule has 1 aliphatic carbocycles. The minimum atomic E-state index is -0.226. The summed E-state index contributed by atoms with van der Waals surface area (Å²) in [6.07, 6.45) is 0.841. The Bertz CT molecular complexity index is 885. The second-order valence-corrected chi connectivity index (χ2v) is 5.87. The fourth-order valence-electron chi connectivity index (χ4n) is 3.32. The molecule has 114 valence electrons. The van der Waals surface area contributed by atoms with Crippen molar-refractivity contribution in [2.45, 2.75) is 26.7 Å². The molecule has 5 nitrogen and oxygen atoms in total. The van der Waals surface area contributed by atoms with Crippen LogP contribution in [0.1, 0.15) is 22.8 Å². The molecule has 0 unspecified atom stereocenters. The SMILES string of the molecule is Cc1nc(C)c2c(n1)CC1=C(C2)C(=O)N(c2ccccc2)C1=O. The Morgan fingerprint density at radius 3 is 2.26 bits per heavy atom. The van der Waals surface area contributed by atoms with Gasteiger partial charge in [-0.05, 0) is 31.5 Å². The Morgan fingerprint density at radius 1 is 0.913 bits per heavy atom. The first-order chi connectivity index (χ1) is 11.1. The molecule has 0 fully saturated rings. The molecule has 0 radical (unpaired) electrons. The number of imide groups is 1. The summed E-state index contributed by atoms with van der Waals surface area (Å²) in [6, 6.07) is 9.05. The van der Waals surface area contributed by atoms with Crippen molar-refractivity contribution in [2.24, 2.45) is 0 Å². The number of fused-ring (bicyclic) bond motifs is 1. The van der Waals surface area contributed by atoms with Crippen LogP contribution in [0.5, 0.6) is 0 Å². The van der Waals surface area contributed by atoms with Gasteiger partial charge in [0, 0.05) is 29.7 Å². The van der Waals surface area contributed by atoms with Gasteiger partial charge in [0.1, 0.15) is 5.82 Å². The first-order valence-electron chi connectivity index (χ1n) is 7.55. The first kappa shape index (κ1) is 13.8. The maximum absolute atomic E-state index is 12.7. The minimum absolute atomic E-state index is 0.221. The van der Waals surface area contributed by atoms with Gasteiger partial charge in [0.25, 0.3) is 11.8 Å². The summed E-state index contributed by atoms with van der Waals surface area (Å²) >= 11 is 0. The number of anilines is 1. The van der Waals surface area contributed by atoms with E-state index in [9.17, 15) is 9.59 Å². The summed E-state index contributed by atoms with van der Waals surface area (Å²) in [5.41, 5.74) is 4.50. The van der Waals surface area contributed by atoms with Crippen LogP contribution in [0.3, 0.4) is 0 Å². The molecule has 1 aromatic heterocycles. The van der Waals surface area contributed by atoms with Gasteiger partial charge >= 0.3 is 0 Å². The van der Waals surface area contributed by atoms with Crippen LogP contribution in [0.15, 0.2) is 41.5 Å². The molecule has 0 saturated heterocycles. The van der Waals surface area contributed by atoms with Crippen LogP contribution in [-0.2, 0) is 22.4 Å². The van der Waals surface area contributed by atoms with E-state index in [-0.39, 0.29) is 11.8 Å². The Balaban J connectivity index is 1.77. The zero-order valence-corrected chi connectivity index (χ0v) is 13.0. The number of carbonyl (C=O) groups excluding carboxylic acids is 2. The van der Waals surface area contributed by atoms with Crippen LogP contribution in [0.2, 0.25) is 0 Å². The maximum atomic E-state index is 12.7. The number of rotatable bonds is 1. The summed E-state index contributed by atoms with van der Waals surface area (Å²) in [6.45, 7) is 3.77. The van der Waals surface area contributed by atoms with Crippen molar-refractivity contribution >= 4 is 17.5 Å². The number of benzene rings is 1. The first-order valence-corrected chi connectivity index (χ1v) is 7.55. The Labute approximate surface area is 133 Å². The summed E-state index contributed by atoms with van der Waals surface area (Å²) < 4.78 is 0. The lowest BCUT2D eigenvalue weighted by Crippen LogP contribution is -2.31. The lowest BCUT2D eigenvalue weighted by Gasteiger charge is -2.17. The molecule has 0 atom stereocenters. The van der Waals surface area contributed by atoms with E-state index in [2.05, 4.69) is 9.97 Å². The normalized spacial score (nSPS) is 16.7. The van der Waals surface area contributed by atoms with Gasteiger partial charge in [-0.15, -0.1) is 0 Å². The highest BCUT2D eigenvalue weighted by Gasteiger charge is 2.41. The Morgan fingerprint density at radius 2 is 1.57 bits per heavy atom. The van der Waals surface area contributed by atoms with Gasteiger partial charge in [-0.1, -0.05) is 18.2 Å². The molecule has 4 rings (SSSR count). The van der Waals surface area contributed by atoms with E-state index >= 15 is 0 Å². The third-order valence-electron chi connectivity index (χ3n) is 4.41. The summed E-state index contributed by atoms with van der Waals surface area (Å²) in [4.78, 5) is 35.6. The van der Waals surface area contributed by atoms with E-state index in [0.717, 1.165) is 17.0 Å². The number of aryl methyl sites for hydroxylation is 2. The molecule has 0 spiro atoms. The average molecular weight is 305 g/mol. The fraction of sp³-hybridized carbons (Fsp3) is 0.222. The zero-order valence-electron chi connectivity index (χ0n) is 13.0. The van der Waals surface area contributed by atoms with Crippen LogP contribution in [-0.4, -0.2) is 21.8 Å². The van der Waals surface area contributed by atoms with E-state index in [4.69, 9.17) is 0 Å². The molecular formula is C18H15N3O2. The molecule has 0 N–H and O–H groups in total. The molecular weight excluding hydrogens is 290 g/mol. The highest BCUT2D eigenvalue weighted by Crippen LogP contribution is 2.35. The lowest BCUT2D eigenvalue weighted by molar-refractivity contribution is -0.120. The standard InChI is InChI=1S/C18H15N3O2/c1-10-13-8-14-15(9-16(13)20-11(2)19-10)18(23)21(17(14)22)12-6-4-3-5-7-12/h3-7H,8-9H2,1-2H3. The molecule has 2 aliphatic rings. The summed E-state index contributed by atoms with van der Waals surface area (Å²) in [5.74, 6) is 0.250. The third-order valence-corrected chi connectivity index (χ3v) is 4.41. The van der Waals surface area contributed by atoms with Crippen molar-refractivity contribution in [3.8, 4) is 0 Å². The molecule has 1 aliphatic heterocycles. The van der Waals surface area contributed by atoms with E-state index in [1.54, 1.807) is 12.1 Å². The Hall–Kier alpha value is -2.82. The minimum Gasteiger partial charge on any atom is -0.269 e. The number of hydrogen-bond donors (Lipinski definition) is 0. The summed E-state index contributed by atoms with van der Waals surface area (Å²) in [7, 11) is 0. The second-order valence-electron chi connectivity index (χ2n) is 5.87. The van der Waals surface area contributed by atoms with Crippen molar-refractivity contribution in [1.29, 1.82) is 0 Å². The van der Waals surface area contributed by atoms with Crippen molar-refractivity contribution in [2.75, 3.05) is 4.90 Å². The van der Waals surface area contributed by atoms with Crippen LogP contribution in [0.4, 0.5) is 5.69 Å². The summed E-state index contributed by atoms with van der Waals surface area (Å²) in [5, 5.41) is 0. The molecule has 2 amide bonds. The molecule has 0 bridgehead atoms. The average Bonchev–Trinajstić information content (AvgIpc) is 2.77. The fourth-order valence-corrected chi connectivity index (χ4v) is 3.32. The smallest absolute Gasteiger partial charge is 0.262 e. The van der Waals surface area contributed by atoms with Gasteiger partial charge in [-0.25, -0.2) is 14.9 Å². The molecule has 5 heteroatoms. The van der Waals surface area contributed by atoms with Crippen molar-refractivity contribution in [3.05, 3.63) is 64.3 Å². The van der Waals surface area contributed by atoms with Gasteiger partial charge in [-0.3, -0.25) is 9.59 Å². The van der Waals surface area contributed by atoms with E-state index in [1.165, 1.54) is 4.90 Å². The number of amides is 2. The van der Waals surface area contributed by atoms with Gasteiger partial charge in [-0.2, -0.15) is 0 Å². The van der Waals surface area contributed by atoms with Crippen LogP contribution < -0.4 is 4.90 Å². The van der Waals surface area contributed by atoms with Gasteiger partial charge in [0.05, 0.1) is 11.4 Å². The second kappa shape index (κ2) is 4.84. The Kier molecular flexibility index (Phi) is 2.91. The topological polar surface area (TPSA) is 63.2 Å². The van der Waals surface area contributed by atoms with Gasteiger partial charge < -0.3 is 0 Å². The van der Waals surface area contributed by atoms with E-state index in [1.807, 2.05) is 32.0 Å².